The molecule has 0 saturated carbocycles. The smallest absolute Gasteiger partial charge is 0.267 e. The molecule has 0 radical (unpaired) electrons. The summed E-state index contributed by atoms with van der Waals surface area (Å²) in [5, 5.41) is 2.99. The van der Waals surface area contributed by atoms with Crippen molar-refractivity contribution in [3.8, 4) is 5.75 Å². The van der Waals surface area contributed by atoms with E-state index in [1.54, 1.807) is 18.2 Å². The van der Waals surface area contributed by atoms with Crippen molar-refractivity contribution in [2.75, 3.05) is 16.8 Å². The first-order valence-corrected chi connectivity index (χ1v) is 7.78. The number of ether oxygens (including phenoxy) is 1. The van der Waals surface area contributed by atoms with Crippen molar-refractivity contribution in [3.05, 3.63) is 66.0 Å². The minimum Gasteiger partial charge on any atom is -0.487 e. The Balaban J connectivity index is 1.75. The molecule has 8 heteroatoms. The summed E-state index contributed by atoms with van der Waals surface area (Å²) < 4.78 is 5.78. The summed E-state index contributed by atoms with van der Waals surface area (Å²) in [4.78, 5) is 19.3. The molecule has 0 aliphatic rings. The molecule has 8 nitrogen and oxygen atoms in total. The van der Waals surface area contributed by atoms with E-state index in [2.05, 4.69) is 15.3 Å². The zero-order chi connectivity index (χ0) is 18.5. The van der Waals surface area contributed by atoms with Crippen molar-refractivity contribution in [2.24, 2.45) is 5.73 Å². The Morgan fingerprint density at radius 1 is 1.12 bits per heavy atom. The van der Waals surface area contributed by atoms with Gasteiger partial charge in [-0.25, -0.2) is 9.97 Å². The van der Waals surface area contributed by atoms with E-state index in [1.807, 2.05) is 24.3 Å². The molecule has 132 valence electrons. The van der Waals surface area contributed by atoms with Crippen molar-refractivity contribution < 1.29 is 9.53 Å². The van der Waals surface area contributed by atoms with Crippen LogP contribution in [0, 0.1) is 0 Å². The summed E-state index contributed by atoms with van der Waals surface area (Å²) in [6, 6.07) is 14.0. The lowest BCUT2D eigenvalue weighted by atomic mass is 10.2. The summed E-state index contributed by atoms with van der Waals surface area (Å²) in [6.07, 6.45) is 1.45. The Kier molecular flexibility index (Phi) is 4.84. The number of anilines is 4. The first-order valence-electron chi connectivity index (χ1n) is 7.78. The number of aromatic nitrogens is 2. The fourth-order valence-electron chi connectivity index (χ4n) is 2.27. The van der Waals surface area contributed by atoms with Crippen molar-refractivity contribution in [3.63, 3.8) is 0 Å². The van der Waals surface area contributed by atoms with Gasteiger partial charge in [-0.2, -0.15) is 0 Å². The second-order valence-corrected chi connectivity index (χ2v) is 5.54. The summed E-state index contributed by atoms with van der Waals surface area (Å²) in [5.41, 5.74) is 19.8. The number of nitrogens with zero attached hydrogens (tertiary/aromatic N) is 2. The van der Waals surface area contributed by atoms with Crippen LogP contribution in [0.15, 0.2) is 54.7 Å². The average Bonchev–Trinajstić information content (AvgIpc) is 2.62. The number of rotatable bonds is 6. The number of carbonyl (C=O) groups excluding carboxylic acids is 1. The normalized spacial score (nSPS) is 10.3. The van der Waals surface area contributed by atoms with E-state index in [0.29, 0.717) is 29.4 Å². The maximum absolute atomic E-state index is 11.2. The van der Waals surface area contributed by atoms with Crippen LogP contribution in [0.25, 0.3) is 0 Å². The molecule has 0 aliphatic heterocycles. The lowest BCUT2D eigenvalue weighted by Gasteiger charge is -2.12. The number of hydrogen-bond donors (Lipinski definition) is 4. The van der Waals surface area contributed by atoms with Gasteiger partial charge < -0.3 is 27.3 Å². The molecule has 0 saturated heterocycles. The van der Waals surface area contributed by atoms with E-state index in [9.17, 15) is 4.79 Å². The molecule has 0 atom stereocenters. The fraction of sp³-hybridized carbons (Fsp3) is 0.0556. The summed E-state index contributed by atoms with van der Waals surface area (Å²) in [6.45, 7) is 0.326. The van der Waals surface area contributed by atoms with Crippen LogP contribution in [0.3, 0.4) is 0 Å². The number of carbonyl (C=O) groups is 1. The average molecular weight is 350 g/mol. The SMILES string of the molecule is NC(=O)c1ccnc(Nc2ccc(N)c(OCc3cccc(N)c3)c2)n1. The molecule has 1 aromatic heterocycles. The lowest BCUT2D eigenvalue weighted by Crippen LogP contribution is -2.14. The molecule has 1 heterocycles. The second-order valence-electron chi connectivity index (χ2n) is 5.54. The summed E-state index contributed by atoms with van der Waals surface area (Å²) in [5.74, 6) is 0.121. The van der Waals surface area contributed by atoms with Crippen molar-refractivity contribution in [2.45, 2.75) is 6.61 Å². The molecular formula is C18H18N6O2. The summed E-state index contributed by atoms with van der Waals surface area (Å²) >= 11 is 0. The molecule has 3 aromatic rings. The van der Waals surface area contributed by atoms with Gasteiger partial charge in [-0.3, -0.25) is 4.79 Å². The van der Waals surface area contributed by atoms with Crippen molar-refractivity contribution >= 4 is 28.9 Å². The Morgan fingerprint density at radius 2 is 1.96 bits per heavy atom. The van der Waals surface area contributed by atoms with E-state index in [4.69, 9.17) is 21.9 Å². The third kappa shape index (κ3) is 4.18. The van der Waals surface area contributed by atoms with Gasteiger partial charge in [0.25, 0.3) is 5.91 Å². The molecule has 26 heavy (non-hydrogen) atoms. The standard InChI is InChI=1S/C18H18N6O2/c19-12-3-1-2-11(8-12)10-26-16-9-13(4-5-14(16)20)23-18-22-7-6-15(24-18)17(21)25/h1-9H,10,19-20H2,(H2,21,25)(H,22,23,24). The highest BCUT2D eigenvalue weighted by Gasteiger charge is 2.07. The second kappa shape index (κ2) is 7.39. The quantitative estimate of drug-likeness (QED) is 0.498. The Bertz CT molecular complexity index is 944. The maximum atomic E-state index is 11.2. The number of hydrogen-bond acceptors (Lipinski definition) is 7. The summed E-state index contributed by atoms with van der Waals surface area (Å²) in [7, 11) is 0. The minimum atomic E-state index is -0.626. The molecule has 0 spiro atoms. The highest BCUT2D eigenvalue weighted by atomic mass is 16.5. The third-order valence-electron chi connectivity index (χ3n) is 3.52. The lowest BCUT2D eigenvalue weighted by molar-refractivity contribution is 0.0995. The van der Waals surface area contributed by atoms with E-state index in [1.165, 1.54) is 12.3 Å². The molecule has 3 rings (SSSR count). The highest BCUT2D eigenvalue weighted by molar-refractivity contribution is 5.90. The van der Waals surface area contributed by atoms with Gasteiger partial charge >= 0.3 is 0 Å². The zero-order valence-corrected chi connectivity index (χ0v) is 13.8. The van der Waals surface area contributed by atoms with Gasteiger partial charge in [-0.05, 0) is 35.9 Å². The first-order chi connectivity index (χ1) is 12.5. The van der Waals surface area contributed by atoms with Gasteiger partial charge in [0.1, 0.15) is 18.1 Å². The molecule has 0 unspecified atom stereocenters. The van der Waals surface area contributed by atoms with Crippen LogP contribution in [-0.2, 0) is 6.61 Å². The number of nitrogens with one attached hydrogen (secondary N) is 1. The number of primary amides is 1. The molecule has 1 amide bonds. The molecular weight excluding hydrogens is 332 g/mol. The van der Waals surface area contributed by atoms with E-state index >= 15 is 0 Å². The third-order valence-corrected chi connectivity index (χ3v) is 3.52. The Morgan fingerprint density at radius 3 is 2.73 bits per heavy atom. The molecule has 0 fully saturated rings. The van der Waals surface area contributed by atoms with Crippen molar-refractivity contribution in [1.29, 1.82) is 0 Å². The van der Waals surface area contributed by atoms with Crippen LogP contribution in [0.5, 0.6) is 5.75 Å². The van der Waals surface area contributed by atoms with Gasteiger partial charge in [-0.1, -0.05) is 12.1 Å². The van der Waals surface area contributed by atoms with Crippen molar-refractivity contribution in [1.82, 2.24) is 9.97 Å². The van der Waals surface area contributed by atoms with Crippen LogP contribution >= 0.6 is 0 Å². The fourth-order valence-corrected chi connectivity index (χ4v) is 2.27. The number of nitrogens with two attached hydrogens (primary N) is 3. The highest BCUT2D eigenvalue weighted by Crippen LogP contribution is 2.27. The largest absolute Gasteiger partial charge is 0.487 e. The van der Waals surface area contributed by atoms with E-state index in [0.717, 1.165) is 5.56 Å². The van der Waals surface area contributed by atoms with Crippen LogP contribution in [-0.4, -0.2) is 15.9 Å². The van der Waals surface area contributed by atoms with Gasteiger partial charge in [-0.15, -0.1) is 0 Å². The van der Waals surface area contributed by atoms with Crippen LogP contribution in [0.1, 0.15) is 16.1 Å². The zero-order valence-electron chi connectivity index (χ0n) is 13.8. The Hall–Kier alpha value is -3.81. The molecule has 0 aliphatic carbocycles. The maximum Gasteiger partial charge on any atom is 0.267 e. The first kappa shape index (κ1) is 17.0. The van der Waals surface area contributed by atoms with Gasteiger partial charge in [0.15, 0.2) is 0 Å². The van der Waals surface area contributed by atoms with Gasteiger partial charge in [0.05, 0.1) is 5.69 Å². The van der Waals surface area contributed by atoms with Crippen LogP contribution < -0.4 is 27.3 Å². The molecule has 0 bridgehead atoms. The van der Waals surface area contributed by atoms with E-state index in [-0.39, 0.29) is 11.6 Å². The van der Waals surface area contributed by atoms with Crippen LogP contribution in [0.2, 0.25) is 0 Å². The van der Waals surface area contributed by atoms with Crippen LogP contribution in [0.4, 0.5) is 23.0 Å². The topological polar surface area (TPSA) is 142 Å². The number of benzene rings is 2. The molecule has 2 aromatic carbocycles. The monoisotopic (exact) mass is 350 g/mol. The number of amides is 1. The predicted octanol–water partition coefficient (Wildman–Crippen LogP) is 2.06. The predicted molar refractivity (Wildman–Crippen MR) is 99.9 cm³/mol. The Labute approximate surface area is 150 Å². The molecule has 7 N–H and O–H groups in total. The van der Waals surface area contributed by atoms with E-state index < -0.39 is 5.91 Å². The number of nitrogen functional groups attached to an aromatic ring is 2. The van der Waals surface area contributed by atoms with Gasteiger partial charge in [0.2, 0.25) is 5.95 Å². The minimum absolute atomic E-state index is 0.121. The van der Waals surface area contributed by atoms with Gasteiger partial charge in [0, 0.05) is 23.6 Å².